The van der Waals surface area contributed by atoms with Crippen LogP contribution in [0.25, 0.3) is 11.1 Å². The largest absolute Gasteiger partial charge is 0.361 e. The highest BCUT2D eigenvalue weighted by molar-refractivity contribution is 5.87. The maximum atomic E-state index is 13.2. The molecule has 4 rings (SSSR count). The molecule has 0 aliphatic carbocycles. The van der Waals surface area contributed by atoms with E-state index in [2.05, 4.69) is 5.32 Å². The number of benzene rings is 3. The number of amides is 2. The van der Waals surface area contributed by atoms with Crippen LogP contribution in [0.3, 0.4) is 0 Å². The first-order valence-corrected chi connectivity index (χ1v) is 11.0. The van der Waals surface area contributed by atoms with Crippen molar-refractivity contribution in [1.82, 2.24) is 10.2 Å². The Kier molecular flexibility index (Phi) is 6.84. The van der Waals surface area contributed by atoms with E-state index in [0.29, 0.717) is 19.6 Å². The molecule has 3 aromatic carbocycles. The van der Waals surface area contributed by atoms with Gasteiger partial charge in [0.2, 0.25) is 5.91 Å². The van der Waals surface area contributed by atoms with Gasteiger partial charge in [-0.15, -0.1) is 0 Å². The van der Waals surface area contributed by atoms with E-state index in [0.717, 1.165) is 22.3 Å². The molecule has 0 spiro atoms. The third-order valence-corrected chi connectivity index (χ3v) is 6.00. The van der Waals surface area contributed by atoms with Crippen LogP contribution in [0, 0.1) is 5.82 Å². The second-order valence-corrected chi connectivity index (χ2v) is 8.28. The SMILES string of the molecule is CNC(=O)[C@]1(Cc2ccc(-c3ccc(F)cc3)cc2)CN(C(=O)Cc2ccccc2)CCO1. The minimum Gasteiger partial charge on any atom is -0.361 e. The van der Waals surface area contributed by atoms with Crippen LogP contribution in [-0.4, -0.2) is 49.1 Å². The third-order valence-electron chi connectivity index (χ3n) is 6.00. The highest BCUT2D eigenvalue weighted by Crippen LogP contribution is 2.27. The van der Waals surface area contributed by atoms with E-state index in [-0.39, 0.29) is 30.6 Å². The smallest absolute Gasteiger partial charge is 0.254 e. The van der Waals surface area contributed by atoms with Gasteiger partial charge in [-0.2, -0.15) is 0 Å². The number of carbonyl (C=O) groups excluding carboxylic acids is 2. The fourth-order valence-electron chi connectivity index (χ4n) is 4.22. The Bertz CT molecular complexity index is 1100. The molecule has 0 unspecified atom stereocenters. The Morgan fingerprint density at radius 3 is 2.21 bits per heavy atom. The van der Waals surface area contributed by atoms with Crippen molar-refractivity contribution in [3.8, 4) is 11.1 Å². The molecule has 0 bridgehead atoms. The minimum absolute atomic E-state index is 0.0237. The van der Waals surface area contributed by atoms with Gasteiger partial charge in [0.1, 0.15) is 5.82 Å². The summed E-state index contributed by atoms with van der Waals surface area (Å²) >= 11 is 0. The van der Waals surface area contributed by atoms with Gasteiger partial charge in [-0.1, -0.05) is 66.7 Å². The van der Waals surface area contributed by atoms with E-state index < -0.39 is 5.60 Å². The van der Waals surface area contributed by atoms with E-state index in [1.165, 1.54) is 12.1 Å². The summed E-state index contributed by atoms with van der Waals surface area (Å²) in [5, 5.41) is 2.71. The Balaban J connectivity index is 1.51. The van der Waals surface area contributed by atoms with Crippen molar-refractivity contribution in [3.05, 3.63) is 95.8 Å². The van der Waals surface area contributed by atoms with Crippen LogP contribution in [0.4, 0.5) is 4.39 Å². The normalized spacial score (nSPS) is 18.1. The van der Waals surface area contributed by atoms with Crippen LogP contribution in [0.1, 0.15) is 11.1 Å². The lowest BCUT2D eigenvalue weighted by Crippen LogP contribution is -2.61. The highest BCUT2D eigenvalue weighted by atomic mass is 19.1. The molecular formula is C27H27FN2O3. The Hall–Kier alpha value is -3.51. The van der Waals surface area contributed by atoms with Crippen LogP contribution in [0.5, 0.6) is 0 Å². The van der Waals surface area contributed by atoms with E-state index in [4.69, 9.17) is 4.74 Å². The van der Waals surface area contributed by atoms with Gasteiger partial charge in [0.25, 0.3) is 5.91 Å². The fourth-order valence-corrected chi connectivity index (χ4v) is 4.22. The van der Waals surface area contributed by atoms with Crippen molar-refractivity contribution in [2.24, 2.45) is 0 Å². The van der Waals surface area contributed by atoms with Crippen molar-refractivity contribution in [2.75, 3.05) is 26.7 Å². The zero-order valence-corrected chi connectivity index (χ0v) is 18.6. The van der Waals surface area contributed by atoms with Crippen molar-refractivity contribution in [1.29, 1.82) is 0 Å². The molecule has 0 radical (unpaired) electrons. The number of likely N-dealkylation sites (N-methyl/N-ethyl adjacent to an activating group) is 1. The fraction of sp³-hybridized carbons (Fsp3) is 0.259. The van der Waals surface area contributed by atoms with Gasteiger partial charge in [-0.25, -0.2) is 4.39 Å². The van der Waals surface area contributed by atoms with Gasteiger partial charge in [0.15, 0.2) is 5.60 Å². The molecule has 2 amide bonds. The minimum atomic E-state index is -1.16. The summed E-state index contributed by atoms with van der Waals surface area (Å²) < 4.78 is 19.2. The lowest BCUT2D eigenvalue weighted by molar-refractivity contribution is -0.165. The molecule has 0 saturated carbocycles. The summed E-state index contributed by atoms with van der Waals surface area (Å²) in [7, 11) is 1.58. The summed E-state index contributed by atoms with van der Waals surface area (Å²) in [6.07, 6.45) is 0.627. The average molecular weight is 447 g/mol. The van der Waals surface area contributed by atoms with Crippen LogP contribution < -0.4 is 5.32 Å². The molecule has 5 nitrogen and oxygen atoms in total. The monoisotopic (exact) mass is 446 g/mol. The number of hydrogen-bond donors (Lipinski definition) is 1. The predicted octanol–water partition coefficient (Wildman–Crippen LogP) is 3.62. The van der Waals surface area contributed by atoms with E-state index in [1.807, 2.05) is 54.6 Å². The van der Waals surface area contributed by atoms with Crippen LogP contribution >= 0.6 is 0 Å². The second kappa shape index (κ2) is 9.96. The average Bonchev–Trinajstić information content (AvgIpc) is 2.85. The van der Waals surface area contributed by atoms with Crippen molar-refractivity contribution in [2.45, 2.75) is 18.4 Å². The van der Waals surface area contributed by atoms with Gasteiger partial charge in [-0.05, 0) is 34.4 Å². The lowest BCUT2D eigenvalue weighted by atomic mass is 9.90. The first kappa shape index (κ1) is 22.7. The Labute approximate surface area is 193 Å². The molecule has 170 valence electrons. The summed E-state index contributed by atoms with van der Waals surface area (Å²) in [6, 6.07) is 23.7. The van der Waals surface area contributed by atoms with Crippen molar-refractivity contribution in [3.63, 3.8) is 0 Å². The molecule has 1 fully saturated rings. The molecule has 33 heavy (non-hydrogen) atoms. The number of rotatable bonds is 6. The van der Waals surface area contributed by atoms with Gasteiger partial charge < -0.3 is 15.0 Å². The third kappa shape index (κ3) is 5.29. The lowest BCUT2D eigenvalue weighted by Gasteiger charge is -2.41. The molecule has 1 aliphatic heterocycles. The summed E-state index contributed by atoms with van der Waals surface area (Å²) in [5.41, 5.74) is 2.57. The van der Waals surface area contributed by atoms with E-state index >= 15 is 0 Å². The quantitative estimate of drug-likeness (QED) is 0.629. The Morgan fingerprint density at radius 2 is 1.58 bits per heavy atom. The number of morpholine rings is 1. The zero-order valence-electron chi connectivity index (χ0n) is 18.6. The Morgan fingerprint density at radius 1 is 0.939 bits per heavy atom. The molecule has 3 aromatic rings. The summed E-state index contributed by atoms with van der Waals surface area (Å²) in [4.78, 5) is 27.6. The van der Waals surface area contributed by atoms with Gasteiger partial charge in [0.05, 0.1) is 19.6 Å². The van der Waals surface area contributed by atoms with Crippen LogP contribution in [0.2, 0.25) is 0 Å². The number of nitrogens with one attached hydrogen (secondary N) is 1. The molecular weight excluding hydrogens is 419 g/mol. The zero-order chi connectivity index (χ0) is 23.3. The molecule has 1 heterocycles. The number of hydrogen-bond acceptors (Lipinski definition) is 3. The van der Waals surface area contributed by atoms with Gasteiger partial charge >= 0.3 is 0 Å². The standard InChI is InChI=1S/C27H27FN2O3/c1-29-26(32)27(18-21-7-9-22(10-8-21)23-11-13-24(28)14-12-23)19-30(15-16-33-27)25(31)17-20-5-3-2-4-6-20/h2-14H,15-19H2,1H3,(H,29,32)/t27-/m0/s1. The number of ether oxygens (including phenoxy) is 1. The van der Waals surface area contributed by atoms with Crippen LogP contribution in [0.15, 0.2) is 78.9 Å². The maximum absolute atomic E-state index is 13.2. The first-order chi connectivity index (χ1) is 16.0. The molecule has 0 aromatic heterocycles. The molecule has 1 N–H and O–H groups in total. The summed E-state index contributed by atoms with van der Waals surface area (Å²) in [6.45, 7) is 0.938. The number of nitrogens with zero attached hydrogens (tertiary/aromatic N) is 1. The van der Waals surface area contributed by atoms with Crippen LogP contribution in [-0.2, 0) is 27.2 Å². The van der Waals surface area contributed by atoms with Crippen molar-refractivity contribution < 1.29 is 18.7 Å². The van der Waals surface area contributed by atoms with Gasteiger partial charge in [0, 0.05) is 20.0 Å². The van der Waals surface area contributed by atoms with Gasteiger partial charge in [-0.3, -0.25) is 9.59 Å². The van der Waals surface area contributed by atoms with E-state index in [9.17, 15) is 14.0 Å². The second-order valence-electron chi connectivity index (χ2n) is 8.28. The summed E-state index contributed by atoms with van der Waals surface area (Å²) in [5.74, 6) is -0.546. The van der Waals surface area contributed by atoms with Crippen molar-refractivity contribution >= 4 is 11.8 Å². The molecule has 6 heteroatoms. The number of halogens is 1. The molecule has 1 aliphatic rings. The van der Waals surface area contributed by atoms with E-state index in [1.54, 1.807) is 24.1 Å². The maximum Gasteiger partial charge on any atom is 0.254 e. The predicted molar refractivity (Wildman–Crippen MR) is 125 cm³/mol. The molecule has 1 saturated heterocycles. The first-order valence-electron chi connectivity index (χ1n) is 11.0. The topological polar surface area (TPSA) is 58.6 Å². The highest BCUT2D eigenvalue weighted by Gasteiger charge is 2.44. The molecule has 1 atom stereocenters. The number of carbonyl (C=O) groups is 2.